The maximum atomic E-state index is 9.53. The molecule has 120 valence electrons. The van der Waals surface area contributed by atoms with Crippen LogP contribution in [-0.2, 0) is 22.7 Å². The lowest BCUT2D eigenvalue weighted by molar-refractivity contribution is 0.297. The Hall–Kier alpha value is -0.820. The van der Waals surface area contributed by atoms with Crippen molar-refractivity contribution in [1.82, 2.24) is 0 Å². The van der Waals surface area contributed by atoms with Crippen LogP contribution >= 0.6 is 0 Å². The van der Waals surface area contributed by atoms with Crippen LogP contribution < -0.4 is 0 Å². The molecule has 1 nitrogen and oxygen atoms in total. The molecule has 1 rings (SSSR count). The molecule has 1 N–H and O–H groups in total. The number of benzene rings is 1. The lowest BCUT2D eigenvalue weighted by atomic mass is 9.72. The second-order valence-corrected chi connectivity index (χ2v) is 9.27. The van der Waals surface area contributed by atoms with Crippen LogP contribution in [0.3, 0.4) is 0 Å². The highest BCUT2D eigenvalue weighted by Gasteiger charge is 2.28. The van der Waals surface area contributed by atoms with Crippen molar-refractivity contribution in [2.45, 2.75) is 85.0 Å². The Morgan fingerprint density at radius 2 is 1.10 bits per heavy atom. The lowest BCUT2D eigenvalue weighted by Gasteiger charge is -2.33. The molecular weight excluding hydrogens is 256 g/mol. The minimum atomic E-state index is 0.0891. The standard InChI is InChI=1S/C20H34O/c1-18(2,3)14-12-16(19(4,5)6)15(10-11-21)17(13-14)20(7,8)9/h12-13,21H,10-11H2,1-9H3. The van der Waals surface area contributed by atoms with Gasteiger partial charge in [-0.15, -0.1) is 0 Å². The molecule has 0 aliphatic carbocycles. The van der Waals surface area contributed by atoms with E-state index in [-0.39, 0.29) is 22.9 Å². The third-order valence-corrected chi connectivity index (χ3v) is 4.09. The van der Waals surface area contributed by atoms with E-state index in [4.69, 9.17) is 0 Å². The largest absolute Gasteiger partial charge is 0.396 e. The summed E-state index contributed by atoms with van der Waals surface area (Å²) in [6.45, 7) is 20.6. The smallest absolute Gasteiger partial charge is 0.0471 e. The Balaban J connectivity index is 3.75. The summed E-state index contributed by atoms with van der Waals surface area (Å²) >= 11 is 0. The van der Waals surface area contributed by atoms with Crippen LogP contribution in [0.25, 0.3) is 0 Å². The van der Waals surface area contributed by atoms with Gasteiger partial charge in [0.05, 0.1) is 0 Å². The third kappa shape index (κ3) is 4.32. The zero-order valence-electron chi connectivity index (χ0n) is 15.5. The van der Waals surface area contributed by atoms with E-state index < -0.39 is 0 Å². The van der Waals surface area contributed by atoms with E-state index in [1.165, 1.54) is 22.3 Å². The van der Waals surface area contributed by atoms with Crippen LogP contribution in [0, 0.1) is 0 Å². The van der Waals surface area contributed by atoms with Crippen LogP contribution in [0.2, 0.25) is 0 Å². The Labute approximate surface area is 131 Å². The summed E-state index contributed by atoms with van der Waals surface area (Å²) in [7, 11) is 0. The number of hydrogen-bond donors (Lipinski definition) is 1. The van der Waals surface area contributed by atoms with Crippen molar-refractivity contribution in [3.63, 3.8) is 0 Å². The highest BCUT2D eigenvalue weighted by Crippen LogP contribution is 2.38. The van der Waals surface area contributed by atoms with Gasteiger partial charge >= 0.3 is 0 Å². The van der Waals surface area contributed by atoms with E-state index in [9.17, 15) is 5.11 Å². The van der Waals surface area contributed by atoms with Crippen molar-refractivity contribution in [1.29, 1.82) is 0 Å². The molecule has 1 aromatic rings. The molecule has 0 unspecified atom stereocenters. The van der Waals surface area contributed by atoms with Gasteiger partial charge < -0.3 is 5.11 Å². The van der Waals surface area contributed by atoms with E-state index in [1.54, 1.807) is 0 Å². The van der Waals surface area contributed by atoms with E-state index in [0.717, 1.165) is 6.42 Å². The first-order chi connectivity index (χ1) is 9.28. The fraction of sp³-hybridized carbons (Fsp3) is 0.700. The van der Waals surface area contributed by atoms with Crippen molar-refractivity contribution in [2.75, 3.05) is 6.61 Å². The molecule has 1 heteroatoms. The van der Waals surface area contributed by atoms with E-state index in [2.05, 4.69) is 74.4 Å². The van der Waals surface area contributed by atoms with Gasteiger partial charge in [0.2, 0.25) is 0 Å². The van der Waals surface area contributed by atoms with Gasteiger partial charge in [-0.25, -0.2) is 0 Å². The summed E-state index contributed by atoms with van der Waals surface area (Å²) in [5.41, 5.74) is 5.81. The lowest BCUT2D eigenvalue weighted by Crippen LogP contribution is -2.24. The quantitative estimate of drug-likeness (QED) is 0.802. The normalized spacial score (nSPS) is 13.6. The van der Waals surface area contributed by atoms with Gasteiger partial charge in [0.15, 0.2) is 0 Å². The molecule has 0 aromatic heterocycles. The van der Waals surface area contributed by atoms with Crippen LogP contribution in [0.4, 0.5) is 0 Å². The summed E-state index contributed by atoms with van der Waals surface area (Å²) in [5, 5.41) is 9.53. The number of hydrogen-bond acceptors (Lipinski definition) is 1. The first kappa shape index (κ1) is 18.2. The summed E-state index contributed by atoms with van der Waals surface area (Å²) < 4.78 is 0. The maximum absolute atomic E-state index is 9.53. The van der Waals surface area contributed by atoms with Crippen molar-refractivity contribution >= 4 is 0 Å². The van der Waals surface area contributed by atoms with E-state index in [1.807, 2.05) is 0 Å². The van der Waals surface area contributed by atoms with Gasteiger partial charge in [0.1, 0.15) is 0 Å². The Bertz CT molecular complexity index is 455. The molecule has 21 heavy (non-hydrogen) atoms. The highest BCUT2D eigenvalue weighted by atomic mass is 16.2. The topological polar surface area (TPSA) is 20.2 Å². The first-order valence-electron chi connectivity index (χ1n) is 8.07. The molecule has 0 atom stereocenters. The molecule has 0 aliphatic rings. The molecule has 0 bridgehead atoms. The van der Waals surface area contributed by atoms with Crippen molar-refractivity contribution in [3.05, 3.63) is 34.4 Å². The van der Waals surface area contributed by atoms with Gasteiger partial charge in [-0.05, 0) is 44.9 Å². The highest BCUT2D eigenvalue weighted by molar-refractivity contribution is 5.47. The zero-order valence-corrected chi connectivity index (χ0v) is 15.5. The molecule has 0 saturated heterocycles. The molecule has 0 saturated carbocycles. The average Bonchev–Trinajstić information content (AvgIpc) is 2.24. The van der Waals surface area contributed by atoms with Crippen LogP contribution in [0.5, 0.6) is 0 Å². The molecule has 0 radical (unpaired) electrons. The second-order valence-electron chi connectivity index (χ2n) is 9.27. The Morgan fingerprint density at radius 1 is 0.714 bits per heavy atom. The Kier molecular flexibility index (Phi) is 5.00. The molecule has 0 amide bonds. The fourth-order valence-corrected chi connectivity index (χ4v) is 2.82. The van der Waals surface area contributed by atoms with Crippen LogP contribution in [-0.4, -0.2) is 11.7 Å². The fourth-order valence-electron chi connectivity index (χ4n) is 2.82. The predicted octanol–water partition coefficient (Wildman–Crippen LogP) is 5.11. The molecule has 0 fully saturated rings. The number of aliphatic hydroxyl groups excluding tert-OH is 1. The number of aliphatic hydroxyl groups is 1. The van der Waals surface area contributed by atoms with Gasteiger partial charge in [0, 0.05) is 6.61 Å². The maximum Gasteiger partial charge on any atom is 0.0471 e. The molecular formula is C20H34O. The van der Waals surface area contributed by atoms with Crippen molar-refractivity contribution < 1.29 is 5.11 Å². The summed E-state index contributed by atoms with van der Waals surface area (Å²) in [6, 6.07) is 4.72. The second kappa shape index (κ2) is 5.76. The van der Waals surface area contributed by atoms with Gasteiger partial charge in [-0.1, -0.05) is 74.4 Å². The SMILES string of the molecule is CC(C)(C)c1cc(C(C)(C)C)c(CCO)c(C(C)(C)C)c1. The van der Waals surface area contributed by atoms with Gasteiger partial charge in [-0.2, -0.15) is 0 Å². The van der Waals surface area contributed by atoms with Crippen molar-refractivity contribution in [2.24, 2.45) is 0 Å². The van der Waals surface area contributed by atoms with Crippen LogP contribution in [0.15, 0.2) is 12.1 Å². The monoisotopic (exact) mass is 290 g/mol. The van der Waals surface area contributed by atoms with E-state index >= 15 is 0 Å². The van der Waals surface area contributed by atoms with Crippen LogP contribution in [0.1, 0.15) is 84.6 Å². The molecule has 0 aliphatic heterocycles. The minimum Gasteiger partial charge on any atom is -0.396 e. The summed E-state index contributed by atoms with van der Waals surface area (Å²) in [6.07, 6.45) is 0.740. The summed E-state index contributed by atoms with van der Waals surface area (Å²) in [5.74, 6) is 0. The predicted molar refractivity (Wildman–Crippen MR) is 93.3 cm³/mol. The first-order valence-corrected chi connectivity index (χ1v) is 8.07. The molecule has 0 spiro atoms. The van der Waals surface area contributed by atoms with E-state index in [0.29, 0.717) is 0 Å². The van der Waals surface area contributed by atoms with Crippen molar-refractivity contribution in [3.8, 4) is 0 Å². The Morgan fingerprint density at radius 3 is 1.33 bits per heavy atom. The molecule has 0 heterocycles. The van der Waals surface area contributed by atoms with Gasteiger partial charge in [0.25, 0.3) is 0 Å². The van der Waals surface area contributed by atoms with Gasteiger partial charge in [-0.3, -0.25) is 0 Å². The number of rotatable bonds is 2. The molecule has 1 aromatic carbocycles. The third-order valence-electron chi connectivity index (χ3n) is 4.09. The average molecular weight is 290 g/mol. The zero-order chi connectivity index (χ0) is 16.6. The summed E-state index contributed by atoms with van der Waals surface area (Å²) in [4.78, 5) is 0. The minimum absolute atomic E-state index is 0.0891.